The van der Waals surface area contributed by atoms with Crippen LogP contribution >= 0.6 is 15.9 Å². The van der Waals surface area contributed by atoms with Gasteiger partial charge < -0.3 is 14.5 Å². The first-order valence-corrected chi connectivity index (χ1v) is 10.9. The van der Waals surface area contributed by atoms with Gasteiger partial charge in [-0.1, -0.05) is 12.1 Å². The number of aromatic amines is 1. The summed E-state index contributed by atoms with van der Waals surface area (Å²) in [6, 6.07) is 14.4. The molecule has 0 fully saturated rings. The van der Waals surface area contributed by atoms with Gasteiger partial charge in [-0.15, -0.1) is 0 Å². The zero-order valence-corrected chi connectivity index (χ0v) is 19.8. The van der Waals surface area contributed by atoms with Gasteiger partial charge in [0.2, 0.25) is 5.75 Å². The first kappa shape index (κ1) is 24.7. The summed E-state index contributed by atoms with van der Waals surface area (Å²) < 4.78 is 50.3. The molecule has 0 aliphatic rings. The van der Waals surface area contributed by atoms with Crippen LogP contribution < -0.4 is 9.47 Å². The second kappa shape index (κ2) is 9.71. The number of nitrogens with zero attached hydrogens (tertiary/aromatic N) is 3. The Kier molecular flexibility index (Phi) is 6.67. The Hall–Kier alpha value is -4.37. The highest BCUT2D eigenvalue weighted by Crippen LogP contribution is 2.44. The molecule has 0 atom stereocenters. The van der Waals surface area contributed by atoms with Gasteiger partial charge in [0.1, 0.15) is 11.9 Å². The van der Waals surface area contributed by atoms with Crippen molar-refractivity contribution in [3.63, 3.8) is 0 Å². The van der Waals surface area contributed by atoms with Gasteiger partial charge in [-0.25, -0.2) is 4.98 Å². The van der Waals surface area contributed by atoms with Crippen LogP contribution in [0.3, 0.4) is 0 Å². The number of para-hydroxylation sites is 2. The largest absolute Gasteiger partial charge is 0.493 e. The molecule has 0 saturated carbocycles. The SMILES string of the molecule is COc1cc(/C=C(\C#N)c2nc3ccccc3[nH]2)cc(Br)c1Oc1ccc(C(F)(F)F)cc1[N+](=O)[O-]. The molecule has 1 aromatic heterocycles. The van der Waals surface area contributed by atoms with E-state index in [4.69, 9.17) is 9.47 Å². The maximum absolute atomic E-state index is 13.0. The number of nitriles is 1. The smallest absolute Gasteiger partial charge is 0.416 e. The Morgan fingerprint density at radius 2 is 1.94 bits per heavy atom. The third-order valence-corrected chi connectivity index (χ3v) is 5.61. The highest BCUT2D eigenvalue weighted by molar-refractivity contribution is 9.10. The van der Waals surface area contributed by atoms with Crippen LogP contribution in [0.15, 0.2) is 59.1 Å². The van der Waals surface area contributed by atoms with Gasteiger partial charge in [0, 0.05) is 6.07 Å². The van der Waals surface area contributed by atoms with Gasteiger partial charge in [-0.3, -0.25) is 10.1 Å². The number of hydrogen-bond donors (Lipinski definition) is 1. The van der Waals surface area contributed by atoms with Gasteiger partial charge in [0.05, 0.1) is 38.7 Å². The number of fused-ring (bicyclic) bond motifs is 1. The molecule has 0 saturated heterocycles. The minimum atomic E-state index is -4.76. The fraction of sp³-hybridized carbons (Fsp3) is 0.0833. The Bertz CT molecular complexity index is 1520. The van der Waals surface area contributed by atoms with Gasteiger partial charge in [-0.05, 0) is 64.0 Å². The minimum absolute atomic E-state index is 0.000228. The van der Waals surface area contributed by atoms with Crippen molar-refractivity contribution < 1.29 is 27.6 Å². The lowest BCUT2D eigenvalue weighted by atomic mass is 10.1. The fourth-order valence-electron chi connectivity index (χ4n) is 3.36. The van der Waals surface area contributed by atoms with Crippen LogP contribution in [0.5, 0.6) is 17.2 Å². The lowest BCUT2D eigenvalue weighted by molar-refractivity contribution is -0.385. The number of hydrogen-bond acceptors (Lipinski definition) is 6. The molecule has 182 valence electrons. The second-order valence-corrected chi connectivity index (χ2v) is 8.20. The molecule has 8 nitrogen and oxygen atoms in total. The van der Waals surface area contributed by atoms with Crippen molar-refractivity contribution in [3.05, 3.63) is 86.1 Å². The number of halogens is 4. The topological polar surface area (TPSA) is 114 Å². The van der Waals surface area contributed by atoms with Crippen molar-refractivity contribution in [1.82, 2.24) is 9.97 Å². The van der Waals surface area contributed by atoms with E-state index in [1.54, 1.807) is 18.2 Å². The summed E-state index contributed by atoms with van der Waals surface area (Å²) >= 11 is 3.31. The number of methoxy groups -OCH3 is 1. The van der Waals surface area contributed by atoms with Crippen molar-refractivity contribution in [2.45, 2.75) is 6.18 Å². The molecule has 4 aromatic rings. The molecule has 36 heavy (non-hydrogen) atoms. The minimum Gasteiger partial charge on any atom is -0.493 e. The summed E-state index contributed by atoms with van der Waals surface area (Å²) in [5.74, 6) is 0.0660. The molecule has 0 spiro atoms. The van der Waals surface area contributed by atoms with E-state index in [0.29, 0.717) is 29.0 Å². The van der Waals surface area contributed by atoms with E-state index < -0.39 is 28.1 Å². The molecule has 3 aromatic carbocycles. The van der Waals surface area contributed by atoms with Gasteiger partial charge in [-0.2, -0.15) is 18.4 Å². The number of nitro groups is 1. The number of allylic oxidation sites excluding steroid dienone is 1. The van der Waals surface area contributed by atoms with E-state index in [-0.39, 0.29) is 21.5 Å². The Labute approximate surface area is 209 Å². The van der Waals surface area contributed by atoms with E-state index in [0.717, 1.165) is 11.6 Å². The molecule has 0 unspecified atom stereocenters. The van der Waals surface area contributed by atoms with Crippen molar-refractivity contribution in [3.8, 4) is 23.3 Å². The van der Waals surface area contributed by atoms with Crippen molar-refractivity contribution in [1.29, 1.82) is 5.26 Å². The zero-order valence-electron chi connectivity index (χ0n) is 18.3. The monoisotopic (exact) mass is 558 g/mol. The van der Waals surface area contributed by atoms with Crippen LogP contribution in [0.4, 0.5) is 18.9 Å². The van der Waals surface area contributed by atoms with Crippen LogP contribution in [0.1, 0.15) is 17.0 Å². The molecule has 0 amide bonds. The maximum Gasteiger partial charge on any atom is 0.416 e. The highest BCUT2D eigenvalue weighted by Gasteiger charge is 2.33. The van der Waals surface area contributed by atoms with E-state index in [1.165, 1.54) is 13.2 Å². The number of nitrogens with one attached hydrogen (secondary N) is 1. The third-order valence-electron chi connectivity index (χ3n) is 5.02. The van der Waals surface area contributed by atoms with E-state index in [1.807, 2.05) is 18.2 Å². The molecule has 0 aliphatic carbocycles. The highest BCUT2D eigenvalue weighted by atomic mass is 79.9. The van der Waals surface area contributed by atoms with E-state index in [9.17, 15) is 28.5 Å². The van der Waals surface area contributed by atoms with Gasteiger partial charge in [0.15, 0.2) is 11.5 Å². The predicted octanol–water partition coefficient (Wildman–Crippen LogP) is 7.12. The lowest BCUT2D eigenvalue weighted by Gasteiger charge is -2.14. The number of benzene rings is 3. The van der Waals surface area contributed by atoms with E-state index in [2.05, 4.69) is 32.0 Å². The average molecular weight is 559 g/mol. The molecule has 0 aliphatic heterocycles. The number of aromatic nitrogens is 2. The number of alkyl halides is 3. The van der Waals surface area contributed by atoms with E-state index >= 15 is 0 Å². The zero-order chi connectivity index (χ0) is 26.0. The molecule has 0 bridgehead atoms. The van der Waals surface area contributed by atoms with Crippen LogP contribution in [0.25, 0.3) is 22.7 Å². The molecule has 1 N–H and O–H groups in total. The normalized spacial score (nSPS) is 11.8. The lowest BCUT2D eigenvalue weighted by Crippen LogP contribution is -2.06. The summed E-state index contributed by atoms with van der Waals surface area (Å²) in [6.45, 7) is 0. The second-order valence-electron chi connectivity index (χ2n) is 7.35. The molecule has 12 heteroatoms. The van der Waals surface area contributed by atoms with Crippen LogP contribution in [0, 0.1) is 21.4 Å². The maximum atomic E-state index is 13.0. The number of nitro benzene ring substituents is 1. The molecule has 4 rings (SSSR count). The molecular formula is C24H14BrF3N4O4. The number of imidazole rings is 1. The number of ether oxygens (including phenoxy) is 2. The fourth-order valence-corrected chi connectivity index (χ4v) is 3.90. The molecule has 0 radical (unpaired) electrons. The standard InChI is InChI=1S/C24H14BrF3N4O4/c1-35-21-10-13(8-14(12-29)23-30-17-4-2-3-5-18(17)31-23)9-16(25)22(21)36-20-7-6-15(24(26,27)28)11-19(20)32(33)34/h2-11H,1H3,(H,30,31)/b14-8+. The third kappa shape index (κ3) is 5.01. The van der Waals surface area contributed by atoms with Crippen LogP contribution in [-0.2, 0) is 6.18 Å². The summed E-state index contributed by atoms with van der Waals surface area (Å²) in [4.78, 5) is 17.9. The van der Waals surface area contributed by atoms with Crippen LogP contribution in [0.2, 0.25) is 0 Å². The predicted molar refractivity (Wildman–Crippen MR) is 128 cm³/mol. The first-order valence-electron chi connectivity index (χ1n) is 10.1. The number of rotatable bonds is 6. The summed E-state index contributed by atoms with van der Waals surface area (Å²) in [5.41, 5.74) is 0.142. The Morgan fingerprint density at radius 3 is 2.58 bits per heavy atom. The van der Waals surface area contributed by atoms with Crippen molar-refractivity contribution in [2.24, 2.45) is 0 Å². The Morgan fingerprint density at radius 1 is 1.19 bits per heavy atom. The van der Waals surface area contributed by atoms with Gasteiger partial charge in [0.25, 0.3) is 0 Å². The number of H-pyrrole nitrogens is 1. The summed E-state index contributed by atoms with van der Waals surface area (Å²) in [5, 5.41) is 21.1. The summed E-state index contributed by atoms with van der Waals surface area (Å²) in [7, 11) is 1.33. The van der Waals surface area contributed by atoms with Crippen LogP contribution in [-0.4, -0.2) is 22.0 Å². The van der Waals surface area contributed by atoms with Crippen molar-refractivity contribution in [2.75, 3.05) is 7.11 Å². The quantitative estimate of drug-likeness (QED) is 0.153. The average Bonchev–Trinajstić information content (AvgIpc) is 3.27. The molecule has 1 heterocycles. The molecular weight excluding hydrogens is 545 g/mol. The van der Waals surface area contributed by atoms with Gasteiger partial charge >= 0.3 is 11.9 Å². The Balaban J connectivity index is 1.73. The van der Waals surface area contributed by atoms with Crippen molar-refractivity contribution >= 4 is 44.3 Å². The summed E-state index contributed by atoms with van der Waals surface area (Å²) in [6.07, 6.45) is -3.21. The first-order chi connectivity index (χ1) is 17.1.